The second kappa shape index (κ2) is 7.34. The van der Waals surface area contributed by atoms with Crippen molar-refractivity contribution in [2.75, 3.05) is 0 Å². The van der Waals surface area contributed by atoms with Crippen molar-refractivity contribution < 1.29 is 4.39 Å². The van der Waals surface area contributed by atoms with Crippen molar-refractivity contribution in [3.05, 3.63) is 0 Å². The van der Waals surface area contributed by atoms with Gasteiger partial charge in [0.05, 0.1) is 0 Å². The van der Waals surface area contributed by atoms with Crippen LogP contribution in [0.3, 0.4) is 0 Å². The summed E-state index contributed by atoms with van der Waals surface area (Å²) in [5, 5.41) is 0. The summed E-state index contributed by atoms with van der Waals surface area (Å²) in [6, 6.07) is 0. The molecule has 0 saturated heterocycles. The Bertz CT molecular complexity index is 102. The first-order chi connectivity index (χ1) is 6.06. The molecular weight excluding hydrogens is 163 g/mol. The quantitative estimate of drug-likeness (QED) is 0.476. The Kier molecular flexibility index (Phi) is 7.31. The van der Waals surface area contributed by atoms with Crippen LogP contribution in [0.2, 0.25) is 0 Å². The number of hydrogen-bond donors (Lipinski definition) is 0. The lowest BCUT2D eigenvalue weighted by Gasteiger charge is -2.12. The lowest BCUT2D eigenvalue weighted by atomic mass is 10.0. The molecule has 0 heterocycles. The minimum absolute atomic E-state index is 0.723. The van der Waals surface area contributed by atoms with Gasteiger partial charge in [0, 0.05) is 0 Å². The van der Waals surface area contributed by atoms with E-state index in [1.807, 2.05) is 0 Å². The average molecular weight is 188 g/mol. The van der Waals surface area contributed by atoms with Crippen LogP contribution in [0.1, 0.15) is 72.1 Å². The van der Waals surface area contributed by atoms with E-state index in [1.165, 1.54) is 38.5 Å². The van der Waals surface area contributed by atoms with Gasteiger partial charge in [0.2, 0.25) is 0 Å². The van der Waals surface area contributed by atoms with Crippen molar-refractivity contribution in [2.24, 2.45) is 0 Å². The van der Waals surface area contributed by atoms with Crippen LogP contribution in [0.25, 0.3) is 0 Å². The number of rotatable bonds is 8. The summed E-state index contributed by atoms with van der Waals surface area (Å²) in [5.41, 5.74) is -0.955. The summed E-state index contributed by atoms with van der Waals surface area (Å²) in [7, 11) is 0. The van der Waals surface area contributed by atoms with Gasteiger partial charge in [-0.05, 0) is 20.3 Å². The summed E-state index contributed by atoms with van der Waals surface area (Å²) in [6.45, 7) is 5.57. The molecule has 0 fully saturated rings. The molecule has 1 heteroatoms. The highest BCUT2D eigenvalue weighted by atomic mass is 19.1. The second-order valence-electron chi connectivity index (χ2n) is 4.59. The third kappa shape index (κ3) is 11.9. The van der Waals surface area contributed by atoms with E-state index in [-0.39, 0.29) is 0 Å². The normalized spacial score (nSPS) is 12.0. The fraction of sp³-hybridized carbons (Fsp3) is 1.00. The molecule has 0 aromatic rings. The van der Waals surface area contributed by atoms with E-state index < -0.39 is 5.67 Å². The minimum Gasteiger partial charge on any atom is -0.245 e. The van der Waals surface area contributed by atoms with Crippen LogP contribution < -0.4 is 0 Å². The molecule has 0 radical (unpaired) electrons. The molecule has 0 bridgehead atoms. The molecular formula is C12H25F. The predicted octanol–water partition coefficient (Wildman–Crippen LogP) is 4.88. The fourth-order valence-corrected chi connectivity index (χ4v) is 1.50. The second-order valence-corrected chi connectivity index (χ2v) is 4.59. The molecule has 0 atom stereocenters. The van der Waals surface area contributed by atoms with Crippen LogP contribution in [-0.4, -0.2) is 5.67 Å². The van der Waals surface area contributed by atoms with Crippen molar-refractivity contribution in [2.45, 2.75) is 77.8 Å². The Balaban J connectivity index is 3.00. The number of halogens is 1. The Hall–Kier alpha value is -0.0700. The standard InChI is InChI=1S/C12H25F/c1-4-5-6-7-8-9-10-11-12(2,3)13/h4-11H2,1-3H3. The largest absolute Gasteiger partial charge is 0.245 e. The predicted molar refractivity (Wildman–Crippen MR) is 57.8 cm³/mol. The fourth-order valence-electron chi connectivity index (χ4n) is 1.50. The SMILES string of the molecule is CCCCCCCCCC(C)(C)F. The topological polar surface area (TPSA) is 0 Å². The van der Waals surface area contributed by atoms with E-state index >= 15 is 0 Å². The van der Waals surface area contributed by atoms with E-state index in [0.717, 1.165) is 12.8 Å². The summed E-state index contributed by atoms with van der Waals surface area (Å²) < 4.78 is 13.0. The molecule has 0 unspecified atom stereocenters. The van der Waals surface area contributed by atoms with E-state index in [0.29, 0.717) is 0 Å². The van der Waals surface area contributed by atoms with Gasteiger partial charge in [-0.2, -0.15) is 0 Å². The highest BCUT2D eigenvalue weighted by Crippen LogP contribution is 2.18. The summed E-state index contributed by atoms with van der Waals surface area (Å²) >= 11 is 0. The van der Waals surface area contributed by atoms with E-state index in [1.54, 1.807) is 13.8 Å². The Morgan fingerprint density at radius 2 is 1.31 bits per heavy atom. The molecule has 0 nitrogen and oxygen atoms in total. The third-order valence-corrected chi connectivity index (χ3v) is 2.37. The summed E-state index contributed by atoms with van der Waals surface area (Å²) in [5.74, 6) is 0. The van der Waals surface area contributed by atoms with Gasteiger partial charge in [0.1, 0.15) is 5.67 Å². The molecule has 0 spiro atoms. The molecule has 0 rings (SSSR count). The maximum absolute atomic E-state index is 13.0. The van der Waals surface area contributed by atoms with Crippen LogP contribution >= 0.6 is 0 Å². The lowest BCUT2D eigenvalue weighted by molar-refractivity contribution is 0.195. The molecule has 0 aliphatic carbocycles. The van der Waals surface area contributed by atoms with Gasteiger partial charge >= 0.3 is 0 Å². The van der Waals surface area contributed by atoms with Crippen molar-refractivity contribution in [3.8, 4) is 0 Å². The first-order valence-electron chi connectivity index (χ1n) is 5.75. The average Bonchev–Trinajstić information content (AvgIpc) is 2.01. The third-order valence-electron chi connectivity index (χ3n) is 2.37. The summed E-state index contributed by atoms with van der Waals surface area (Å²) in [6.07, 6.45) is 9.62. The molecule has 0 saturated carbocycles. The molecule has 13 heavy (non-hydrogen) atoms. The van der Waals surface area contributed by atoms with Crippen LogP contribution in [0.4, 0.5) is 4.39 Å². The van der Waals surface area contributed by atoms with Gasteiger partial charge in [0.25, 0.3) is 0 Å². The van der Waals surface area contributed by atoms with Gasteiger partial charge in [-0.1, -0.05) is 51.9 Å². The monoisotopic (exact) mass is 188 g/mol. The van der Waals surface area contributed by atoms with Gasteiger partial charge < -0.3 is 0 Å². The van der Waals surface area contributed by atoms with Crippen molar-refractivity contribution in [3.63, 3.8) is 0 Å². The van der Waals surface area contributed by atoms with E-state index in [2.05, 4.69) is 6.92 Å². The first-order valence-corrected chi connectivity index (χ1v) is 5.75. The van der Waals surface area contributed by atoms with Crippen LogP contribution in [0.5, 0.6) is 0 Å². The smallest absolute Gasteiger partial charge is 0.105 e. The summed E-state index contributed by atoms with van der Waals surface area (Å²) in [4.78, 5) is 0. The van der Waals surface area contributed by atoms with Crippen molar-refractivity contribution >= 4 is 0 Å². The Labute approximate surface area is 82.9 Å². The van der Waals surface area contributed by atoms with Gasteiger partial charge in [-0.15, -0.1) is 0 Å². The Morgan fingerprint density at radius 3 is 1.77 bits per heavy atom. The zero-order chi connectivity index (χ0) is 10.2. The van der Waals surface area contributed by atoms with Crippen LogP contribution in [-0.2, 0) is 0 Å². The number of alkyl halides is 1. The molecule has 0 aliphatic rings. The number of hydrogen-bond acceptors (Lipinski definition) is 0. The Morgan fingerprint density at radius 1 is 0.846 bits per heavy atom. The van der Waals surface area contributed by atoms with Crippen LogP contribution in [0, 0.1) is 0 Å². The van der Waals surface area contributed by atoms with E-state index in [4.69, 9.17) is 0 Å². The molecule has 0 aromatic carbocycles. The number of unbranched alkanes of at least 4 members (excludes halogenated alkanes) is 6. The maximum Gasteiger partial charge on any atom is 0.105 e. The molecule has 80 valence electrons. The van der Waals surface area contributed by atoms with Crippen molar-refractivity contribution in [1.29, 1.82) is 0 Å². The van der Waals surface area contributed by atoms with Gasteiger partial charge in [0.15, 0.2) is 0 Å². The van der Waals surface area contributed by atoms with Gasteiger partial charge in [-0.25, -0.2) is 4.39 Å². The lowest BCUT2D eigenvalue weighted by Crippen LogP contribution is -2.10. The van der Waals surface area contributed by atoms with Crippen LogP contribution in [0.15, 0.2) is 0 Å². The van der Waals surface area contributed by atoms with Crippen molar-refractivity contribution in [1.82, 2.24) is 0 Å². The maximum atomic E-state index is 13.0. The molecule has 0 amide bonds. The minimum atomic E-state index is -0.955. The molecule has 0 N–H and O–H groups in total. The van der Waals surface area contributed by atoms with E-state index in [9.17, 15) is 4.39 Å². The first kappa shape index (κ1) is 12.9. The molecule has 0 aliphatic heterocycles. The zero-order valence-electron chi connectivity index (χ0n) is 9.53. The highest BCUT2D eigenvalue weighted by Gasteiger charge is 2.13. The highest BCUT2D eigenvalue weighted by molar-refractivity contribution is 4.65. The molecule has 0 aromatic heterocycles. The van der Waals surface area contributed by atoms with Gasteiger partial charge in [-0.3, -0.25) is 0 Å². The zero-order valence-corrected chi connectivity index (χ0v) is 9.53.